The lowest BCUT2D eigenvalue weighted by Crippen LogP contribution is -2.48. The minimum absolute atomic E-state index is 0.271. The van der Waals surface area contributed by atoms with E-state index in [0.29, 0.717) is 11.3 Å². The number of carbonyl (C=O) groups is 1. The van der Waals surface area contributed by atoms with Gasteiger partial charge in [0.05, 0.1) is 12.3 Å². The van der Waals surface area contributed by atoms with Crippen LogP contribution in [0.4, 0.5) is 0 Å². The van der Waals surface area contributed by atoms with Crippen molar-refractivity contribution in [1.82, 2.24) is 10.5 Å². The predicted octanol–water partition coefficient (Wildman–Crippen LogP) is 1.94. The van der Waals surface area contributed by atoms with E-state index in [4.69, 9.17) is 4.52 Å². The highest BCUT2D eigenvalue weighted by atomic mass is 16.5. The van der Waals surface area contributed by atoms with E-state index in [1.807, 2.05) is 0 Å². The van der Waals surface area contributed by atoms with Crippen LogP contribution in [0.2, 0.25) is 0 Å². The Morgan fingerprint density at radius 1 is 1.53 bits per heavy atom. The van der Waals surface area contributed by atoms with Crippen LogP contribution < -0.4 is 5.32 Å². The molecule has 0 spiro atoms. The summed E-state index contributed by atoms with van der Waals surface area (Å²) in [5, 5.41) is 15.6. The summed E-state index contributed by atoms with van der Waals surface area (Å²) in [6, 6.07) is 2.25. The first-order chi connectivity index (χ1) is 8.17. The van der Waals surface area contributed by atoms with Gasteiger partial charge in [-0.05, 0) is 19.8 Å². The number of amides is 1. The predicted molar refractivity (Wildman–Crippen MR) is 60.1 cm³/mol. The van der Waals surface area contributed by atoms with Crippen molar-refractivity contribution in [3.63, 3.8) is 0 Å². The van der Waals surface area contributed by atoms with Crippen LogP contribution >= 0.6 is 0 Å². The van der Waals surface area contributed by atoms with Crippen molar-refractivity contribution in [2.24, 2.45) is 0 Å². The van der Waals surface area contributed by atoms with Crippen molar-refractivity contribution in [3.05, 3.63) is 17.5 Å². The van der Waals surface area contributed by atoms with Gasteiger partial charge in [0.15, 0.2) is 0 Å². The van der Waals surface area contributed by atoms with Crippen molar-refractivity contribution in [2.45, 2.75) is 44.6 Å². The third kappa shape index (κ3) is 2.31. The van der Waals surface area contributed by atoms with E-state index < -0.39 is 5.54 Å². The standard InChI is InChI=1S/C12H15N3O2/c1-9-10(7-14-17-9)11(16)15-12(8-13)5-3-2-4-6-12/h7H,2-6H2,1H3,(H,15,16). The summed E-state index contributed by atoms with van der Waals surface area (Å²) in [5.74, 6) is 0.207. The zero-order valence-corrected chi connectivity index (χ0v) is 9.82. The molecule has 0 saturated heterocycles. The highest BCUT2D eigenvalue weighted by Crippen LogP contribution is 2.28. The SMILES string of the molecule is Cc1oncc1C(=O)NC1(C#N)CCCCC1. The molecule has 2 rings (SSSR count). The fourth-order valence-corrected chi connectivity index (χ4v) is 2.22. The fraction of sp³-hybridized carbons (Fsp3) is 0.583. The molecule has 90 valence electrons. The van der Waals surface area contributed by atoms with E-state index in [1.54, 1.807) is 6.92 Å². The topological polar surface area (TPSA) is 78.9 Å². The van der Waals surface area contributed by atoms with Crippen molar-refractivity contribution < 1.29 is 9.32 Å². The average molecular weight is 233 g/mol. The van der Waals surface area contributed by atoms with Gasteiger partial charge in [0, 0.05) is 0 Å². The van der Waals surface area contributed by atoms with Gasteiger partial charge in [0.2, 0.25) is 0 Å². The zero-order valence-electron chi connectivity index (χ0n) is 9.82. The van der Waals surface area contributed by atoms with Gasteiger partial charge in [-0.15, -0.1) is 0 Å². The van der Waals surface area contributed by atoms with Crippen LogP contribution in [-0.4, -0.2) is 16.6 Å². The average Bonchev–Trinajstić information content (AvgIpc) is 2.77. The van der Waals surface area contributed by atoms with Crippen LogP contribution in [0.15, 0.2) is 10.7 Å². The molecule has 1 aliphatic carbocycles. The molecule has 1 fully saturated rings. The number of hydrogen-bond acceptors (Lipinski definition) is 4. The first-order valence-electron chi connectivity index (χ1n) is 5.82. The fourth-order valence-electron chi connectivity index (χ4n) is 2.22. The van der Waals surface area contributed by atoms with Gasteiger partial charge < -0.3 is 9.84 Å². The number of aromatic nitrogens is 1. The molecule has 0 radical (unpaired) electrons. The highest BCUT2D eigenvalue weighted by Gasteiger charge is 2.34. The molecule has 1 N–H and O–H groups in total. The van der Waals surface area contributed by atoms with Gasteiger partial charge >= 0.3 is 0 Å². The first-order valence-corrected chi connectivity index (χ1v) is 5.82. The Morgan fingerprint density at radius 2 is 2.24 bits per heavy atom. The Kier molecular flexibility index (Phi) is 3.14. The van der Waals surface area contributed by atoms with Crippen molar-refractivity contribution in [3.8, 4) is 6.07 Å². The molecule has 17 heavy (non-hydrogen) atoms. The Bertz CT molecular complexity index is 453. The van der Waals surface area contributed by atoms with E-state index in [2.05, 4.69) is 16.5 Å². The third-order valence-electron chi connectivity index (χ3n) is 3.27. The number of nitriles is 1. The summed E-state index contributed by atoms with van der Waals surface area (Å²) in [6.45, 7) is 1.68. The number of rotatable bonds is 2. The van der Waals surface area contributed by atoms with Crippen molar-refractivity contribution in [1.29, 1.82) is 5.26 Å². The number of hydrogen-bond donors (Lipinski definition) is 1. The second-order valence-electron chi connectivity index (χ2n) is 4.50. The molecule has 1 heterocycles. The molecule has 5 nitrogen and oxygen atoms in total. The molecule has 5 heteroatoms. The summed E-state index contributed by atoms with van der Waals surface area (Å²) in [7, 11) is 0. The molecular weight excluding hydrogens is 218 g/mol. The highest BCUT2D eigenvalue weighted by molar-refractivity contribution is 5.95. The molecule has 0 unspecified atom stereocenters. The molecule has 1 aliphatic rings. The number of nitrogens with zero attached hydrogens (tertiary/aromatic N) is 2. The Labute approximate surface area is 99.8 Å². The molecule has 1 saturated carbocycles. The van der Waals surface area contributed by atoms with Gasteiger partial charge in [0.25, 0.3) is 5.91 Å². The normalized spacial score (nSPS) is 18.4. The van der Waals surface area contributed by atoms with E-state index in [0.717, 1.165) is 32.1 Å². The van der Waals surface area contributed by atoms with Gasteiger partial charge in [-0.25, -0.2) is 0 Å². The quantitative estimate of drug-likeness (QED) is 0.846. The van der Waals surface area contributed by atoms with Gasteiger partial charge in [-0.1, -0.05) is 24.4 Å². The maximum Gasteiger partial charge on any atom is 0.257 e. The second-order valence-corrected chi connectivity index (χ2v) is 4.50. The van der Waals surface area contributed by atoms with E-state index in [-0.39, 0.29) is 5.91 Å². The first kappa shape index (κ1) is 11.6. The lowest BCUT2D eigenvalue weighted by atomic mass is 9.82. The second kappa shape index (κ2) is 4.58. The van der Waals surface area contributed by atoms with Gasteiger partial charge in [-0.2, -0.15) is 5.26 Å². The third-order valence-corrected chi connectivity index (χ3v) is 3.27. The Balaban J connectivity index is 2.12. The van der Waals surface area contributed by atoms with E-state index in [1.165, 1.54) is 6.20 Å². The summed E-state index contributed by atoms with van der Waals surface area (Å²) < 4.78 is 4.85. The molecule has 1 amide bonds. The van der Waals surface area contributed by atoms with Crippen LogP contribution in [0.5, 0.6) is 0 Å². The van der Waals surface area contributed by atoms with Crippen LogP contribution in [0, 0.1) is 18.3 Å². The molecule has 0 atom stereocenters. The summed E-state index contributed by atoms with van der Waals surface area (Å²) in [4.78, 5) is 12.0. The maximum atomic E-state index is 12.0. The Morgan fingerprint density at radius 3 is 2.76 bits per heavy atom. The van der Waals surface area contributed by atoms with Gasteiger partial charge in [0.1, 0.15) is 16.9 Å². The minimum atomic E-state index is -0.709. The summed E-state index contributed by atoms with van der Waals surface area (Å²) in [6.07, 6.45) is 5.93. The minimum Gasteiger partial charge on any atom is -0.361 e. The van der Waals surface area contributed by atoms with Gasteiger partial charge in [-0.3, -0.25) is 4.79 Å². The Hall–Kier alpha value is -1.83. The van der Waals surface area contributed by atoms with Crippen molar-refractivity contribution in [2.75, 3.05) is 0 Å². The smallest absolute Gasteiger partial charge is 0.257 e. The monoisotopic (exact) mass is 233 g/mol. The van der Waals surface area contributed by atoms with Crippen LogP contribution in [0.1, 0.15) is 48.2 Å². The summed E-state index contributed by atoms with van der Waals surface area (Å²) >= 11 is 0. The van der Waals surface area contributed by atoms with E-state index >= 15 is 0 Å². The molecule has 1 aromatic rings. The molecule has 0 bridgehead atoms. The number of carbonyl (C=O) groups excluding carboxylic acids is 1. The molecule has 0 aromatic carbocycles. The molecular formula is C12H15N3O2. The zero-order chi connectivity index (χ0) is 12.3. The van der Waals surface area contributed by atoms with Crippen LogP contribution in [0.3, 0.4) is 0 Å². The van der Waals surface area contributed by atoms with Crippen molar-refractivity contribution >= 4 is 5.91 Å². The number of aryl methyl sites for hydroxylation is 1. The lowest BCUT2D eigenvalue weighted by molar-refractivity contribution is 0.0901. The summed E-state index contributed by atoms with van der Waals surface area (Å²) in [5.41, 5.74) is -0.302. The molecule has 1 aromatic heterocycles. The lowest BCUT2D eigenvalue weighted by Gasteiger charge is -2.31. The maximum absolute atomic E-state index is 12.0. The van der Waals surface area contributed by atoms with Crippen LogP contribution in [-0.2, 0) is 0 Å². The van der Waals surface area contributed by atoms with E-state index in [9.17, 15) is 10.1 Å². The molecule has 0 aliphatic heterocycles. The number of nitrogens with one attached hydrogen (secondary N) is 1. The van der Waals surface area contributed by atoms with Crippen LogP contribution in [0.25, 0.3) is 0 Å². The largest absolute Gasteiger partial charge is 0.361 e.